The third-order valence-corrected chi connectivity index (χ3v) is 2.93. The van der Waals surface area contributed by atoms with Crippen LogP contribution in [0, 0.1) is 0 Å². The molecule has 0 spiro atoms. The lowest BCUT2D eigenvalue weighted by molar-refractivity contribution is 1.10. The van der Waals surface area contributed by atoms with Crippen LogP contribution in [0.1, 0.15) is 20.8 Å². The molecule has 74 valence electrons. The Labute approximate surface area is 94.6 Å². The first kappa shape index (κ1) is 13.2. The predicted molar refractivity (Wildman–Crippen MR) is 64.2 cm³/mol. The Hall–Kier alpha value is 0.150. The van der Waals surface area contributed by atoms with E-state index in [4.69, 9.17) is 23.2 Å². The van der Waals surface area contributed by atoms with Crippen molar-refractivity contribution in [3.05, 3.63) is 28.2 Å². The standard InChI is InChI=1S/C9H10Cl2S.CH4/c1-2-3-12-9-5-7(10)4-8(11)6-9;/h4-6H,2-3H2,1H3;1H4. The van der Waals surface area contributed by atoms with Gasteiger partial charge in [0.2, 0.25) is 0 Å². The first-order chi connectivity index (χ1) is 5.72. The Morgan fingerprint density at radius 2 is 1.69 bits per heavy atom. The molecule has 0 saturated carbocycles. The Morgan fingerprint density at radius 1 is 1.15 bits per heavy atom. The van der Waals surface area contributed by atoms with E-state index < -0.39 is 0 Å². The maximum Gasteiger partial charge on any atom is 0.0431 e. The Balaban J connectivity index is 0.00000144. The van der Waals surface area contributed by atoms with Gasteiger partial charge >= 0.3 is 0 Å². The van der Waals surface area contributed by atoms with Gasteiger partial charge in [-0.05, 0) is 30.4 Å². The number of hydrogen-bond donors (Lipinski definition) is 0. The minimum Gasteiger partial charge on any atom is -0.126 e. The van der Waals surface area contributed by atoms with E-state index in [2.05, 4.69) is 6.92 Å². The quantitative estimate of drug-likeness (QED) is 0.656. The number of benzene rings is 1. The third kappa shape index (κ3) is 4.80. The molecule has 0 bridgehead atoms. The summed E-state index contributed by atoms with van der Waals surface area (Å²) in [5.41, 5.74) is 0. The molecule has 0 atom stereocenters. The Morgan fingerprint density at radius 3 is 2.15 bits per heavy atom. The number of rotatable bonds is 3. The average molecular weight is 237 g/mol. The molecular weight excluding hydrogens is 223 g/mol. The molecule has 0 heterocycles. The molecular formula is C10H14Cl2S. The van der Waals surface area contributed by atoms with E-state index in [-0.39, 0.29) is 7.43 Å². The summed E-state index contributed by atoms with van der Waals surface area (Å²) < 4.78 is 0. The van der Waals surface area contributed by atoms with Crippen molar-refractivity contribution in [1.29, 1.82) is 0 Å². The first-order valence-electron chi connectivity index (χ1n) is 3.81. The normalized spacial score (nSPS) is 9.46. The van der Waals surface area contributed by atoms with Crippen molar-refractivity contribution in [1.82, 2.24) is 0 Å². The van der Waals surface area contributed by atoms with E-state index in [1.54, 1.807) is 17.8 Å². The summed E-state index contributed by atoms with van der Waals surface area (Å²) in [7, 11) is 0. The van der Waals surface area contributed by atoms with Crippen molar-refractivity contribution in [3.8, 4) is 0 Å². The van der Waals surface area contributed by atoms with Crippen LogP contribution in [0.25, 0.3) is 0 Å². The SMILES string of the molecule is C.CCCSc1cc(Cl)cc(Cl)c1. The van der Waals surface area contributed by atoms with Gasteiger partial charge in [0.1, 0.15) is 0 Å². The average Bonchev–Trinajstić information content (AvgIpc) is 1.99. The molecule has 0 unspecified atom stereocenters. The zero-order chi connectivity index (χ0) is 8.97. The highest BCUT2D eigenvalue weighted by atomic mass is 35.5. The molecule has 3 heteroatoms. The molecule has 1 aromatic rings. The third-order valence-electron chi connectivity index (χ3n) is 1.31. The molecule has 0 saturated heterocycles. The number of halogens is 2. The molecule has 0 aliphatic carbocycles. The van der Waals surface area contributed by atoms with Gasteiger partial charge in [-0.3, -0.25) is 0 Å². The summed E-state index contributed by atoms with van der Waals surface area (Å²) in [6.07, 6.45) is 1.16. The number of hydrogen-bond acceptors (Lipinski definition) is 1. The van der Waals surface area contributed by atoms with Gasteiger partial charge in [0, 0.05) is 14.9 Å². The second-order valence-corrected chi connectivity index (χ2v) is 4.49. The monoisotopic (exact) mass is 236 g/mol. The lowest BCUT2D eigenvalue weighted by atomic mass is 10.4. The summed E-state index contributed by atoms with van der Waals surface area (Å²) in [4.78, 5) is 1.15. The molecule has 1 rings (SSSR count). The van der Waals surface area contributed by atoms with Crippen LogP contribution in [0.15, 0.2) is 23.1 Å². The molecule has 0 aliphatic heterocycles. The van der Waals surface area contributed by atoms with Gasteiger partial charge < -0.3 is 0 Å². The van der Waals surface area contributed by atoms with Gasteiger partial charge in [0.05, 0.1) is 0 Å². The van der Waals surface area contributed by atoms with Crippen LogP contribution < -0.4 is 0 Å². The van der Waals surface area contributed by atoms with Crippen LogP contribution in [-0.2, 0) is 0 Å². The van der Waals surface area contributed by atoms with Crippen LogP contribution in [0.2, 0.25) is 10.0 Å². The highest BCUT2D eigenvalue weighted by Gasteiger charge is 1.97. The predicted octanol–water partition coefficient (Wildman–Crippen LogP) is 5.13. The molecule has 0 amide bonds. The lowest BCUT2D eigenvalue weighted by Crippen LogP contribution is -1.76. The van der Waals surface area contributed by atoms with E-state index in [1.165, 1.54) is 0 Å². The fourth-order valence-electron chi connectivity index (χ4n) is 0.832. The van der Waals surface area contributed by atoms with Gasteiger partial charge in [-0.1, -0.05) is 37.6 Å². The van der Waals surface area contributed by atoms with Crippen molar-refractivity contribution < 1.29 is 0 Å². The van der Waals surface area contributed by atoms with Gasteiger partial charge in [-0.25, -0.2) is 0 Å². The zero-order valence-corrected chi connectivity index (χ0v) is 9.14. The minimum atomic E-state index is 0. The molecule has 1 aromatic carbocycles. The van der Waals surface area contributed by atoms with Crippen LogP contribution in [0.4, 0.5) is 0 Å². The summed E-state index contributed by atoms with van der Waals surface area (Å²) >= 11 is 13.4. The zero-order valence-electron chi connectivity index (χ0n) is 6.81. The van der Waals surface area contributed by atoms with Crippen molar-refractivity contribution in [2.45, 2.75) is 25.7 Å². The Bertz CT molecular complexity index is 241. The molecule has 0 N–H and O–H groups in total. The topological polar surface area (TPSA) is 0 Å². The Kier molecular flexibility index (Phi) is 6.66. The van der Waals surface area contributed by atoms with Crippen LogP contribution >= 0.6 is 35.0 Å². The van der Waals surface area contributed by atoms with E-state index in [1.807, 2.05) is 12.1 Å². The summed E-state index contributed by atoms with van der Waals surface area (Å²) in [6.45, 7) is 2.15. The van der Waals surface area contributed by atoms with Crippen molar-refractivity contribution in [3.63, 3.8) is 0 Å². The fourth-order valence-corrected chi connectivity index (χ4v) is 2.35. The maximum absolute atomic E-state index is 5.83. The number of thioether (sulfide) groups is 1. The first-order valence-corrected chi connectivity index (χ1v) is 5.55. The molecule has 0 nitrogen and oxygen atoms in total. The highest BCUT2D eigenvalue weighted by molar-refractivity contribution is 7.99. The smallest absolute Gasteiger partial charge is 0.0431 e. The summed E-state index contributed by atoms with van der Waals surface area (Å²) in [5.74, 6) is 1.11. The van der Waals surface area contributed by atoms with Crippen molar-refractivity contribution >= 4 is 35.0 Å². The molecule has 13 heavy (non-hydrogen) atoms. The lowest BCUT2D eigenvalue weighted by Gasteiger charge is -2.00. The largest absolute Gasteiger partial charge is 0.126 e. The van der Waals surface area contributed by atoms with E-state index in [0.29, 0.717) is 10.0 Å². The van der Waals surface area contributed by atoms with E-state index in [0.717, 1.165) is 17.1 Å². The highest BCUT2D eigenvalue weighted by Crippen LogP contribution is 2.26. The van der Waals surface area contributed by atoms with Gasteiger partial charge in [-0.2, -0.15) is 0 Å². The van der Waals surface area contributed by atoms with Crippen molar-refractivity contribution in [2.24, 2.45) is 0 Å². The van der Waals surface area contributed by atoms with Gasteiger partial charge in [-0.15, -0.1) is 11.8 Å². The van der Waals surface area contributed by atoms with Gasteiger partial charge in [0.25, 0.3) is 0 Å². The second-order valence-electron chi connectivity index (χ2n) is 2.45. The van der Waals surface area contributed by atoms with Crippen molar-refractivity contribution in [2.75, 3.05) is 5.75 Å². The second kappa shape index (κ2) is 6.58. The van der Waals surface area contributed by atoms with Gasteiger partial charge in [0.15, 0.2) is 0 Å². The fraction of sp³-hybridized carbons (Fsp3) is 0.400. The molecule has 0 fully saturated rings. The summed E-state index contributed by atoms with van der Waals surface area (Å²) in [6, 6.07) is 5.63. The minimum absolute atomic E-state index is 0. The van der Waals surface area contributed by atoms with Crippen LogP contribution in [0.3, 0.4) is 0 Å². The molecule has 0 radical (unpaired) electrons. The summed E-state index contributed by atoms with van der Waals surface area (Å²) in [5, 5.41) is 1.42. The molecule has 0 aromatic heterocycles. The van der Waals surface area contributed by atoms with E-state index in [9.17, 15) is 0 Å². The van der Waals surface area contributed by atoms with Crippen LogP contribution in [0.5, 0.6) is 0 Å². The van der Waals surface area contributed by atoms with Crippen LogP contribution in [-0.4, -0.2) is 5.75 Å². The molecule has 0 aliphatic rings. The maximum atomic E-state index is 5.83. The van der Waals surface area contributed by atoms with E-state index >= 15 is 0 Å².